The lowest BCUT2D eigenvalue weighted by Gasteiger charge is -2.16. The second-order valence-corrected chi connectivity index (χ2v) is 8.11. The van der Waals surface area contributed by atoms with Gasteiger partial charge in [-0.3, -0.25) is 14.5 Å². The molecule has 1 fully saturated rings. The van der Waals surface area contributed by atoms with Crippen LogP contribution in [0.2, 0.25) is 0 Å². The van der Waals surface area contributed by atoms with Crippen molar-refractivity contribution in [1.82, 2.24) is 9.47 Å². The highest BCUT2D eigenvalue weighted by molar-refractivity contribution is 9.10. The fraction of sp³-hybridized carbons (Fsp3) is 0.263. The van der Waals surface area contributed by atoms with Gasteiger partial charge in [-0.05, 0) is 85.2 Å². The molecule has 0 spiro atoms. The second kappa shape index (κ2) is 6.84. The van der Waals surface area contributed by atoms with Crippen LogP contribution in [0.3, 0.4) is 0 Å². The van der Waals surface area contributed by atoms with Crippen molar-refractivity contribution in [3.8, 4) is 5.69 Å². The first-order valence-corrected chi connectivity index (χ1v) is 9.63. The van der Waals surface area contributed by atoms with Gasteiger partial charge in [0.2, 0.25) is 0 Å². The van der Waals surface area contributed by atoms with Crippen molar-refractivity contribution in [2.24, 2.45) is 0 Å². The number of hydrogen-bond acceptors (Lipinski definition) is 3. The highest BCUT2D eigenvalue weighted by Crippen LogP contribution is 2.35. The first-order valence-electron chi connectivity index (χ1n) is 8.02. The van der Waals surface area contributed by atoms with Gasteiger partial charge < -0.3 is 4.57 Å². The minimum atomic E-state index is -0.212. The molecule has 0 N–H and O–H groups in total. The van der Waals surface area contributed by atoms with Crippen molar-refractivity contribution in [2.75, 3.05) is 0 Å². The number of aromatic nitrogens is 1. The molecule has 0 saturated carbocycles. The number of rotatable bonds is 3. The van der Waals surface area contributed by atoms with E-state index in [1.54, 1.807) is 0 Å². The van der Waals surface area contributed by atoms with Gasteiger partial charge >= 0.3 is 0 Å². The molecule has 6 heteroatoms. The summed E-state index contributed by atoms with van der Waals surface area (Å²) in [6.45, 7) is 7.74. The summed E-state index contributed by atoms with van der Waals surface area (Å²) in [5, 5.41) is -0.203. The van der Waals surface area contributed by atoms with Gasteiger partial charge in [-0.2, -0.15) is 0 Å². The van der Waals surface area contributed by atoms with Crippen molar-refractivity contribution in [1.29, 1.82) is 0 Å². The topological polar surface area (TPSA) is 42.3 Å². The number of benzene rings is 1. The van der Waals surface area contributed by atoms with Gasteiger partial charge in [-0.25, -0.2) is 0 Å². The zero-order valence-corrected chi connectivity index (χ0v) is 16.9. The number of carbonyl (C=O) groups excluding carboxylic acids is 2. The molecule has 0 bridgehead atoms. The molecule has 0 radical (unpaired) electrons. The van der Waals surface area contributed by atoms with E-state index in [9.17, 15) is 9.59 Å². The summed E-state index contributed by atoms with van der Waals surface area (Å²) in [6, 6.07) is 9.92. The van der Waals surface area contributed by atoms with Crippen LogP contribution >= 0.6 is 27.7 Å². The van der Waals surface area contributed by atoms with E-state index >= 15 is 0 Å². The third-order valence-electron chi connectivity index (χ3n) is 4.19. The zero-order valence-electron chi connectivity index (χ0n) is 14.5. The lowest BCUT2D eigenvalue weighted by molar-refractivity contribution is -0.123. The Labute approximate surface area is 160 Å². The molecule has 0 aliphatic carbocycles. The number of halogens is 1. The van der Waals surface area contributed by atoms with Crippen LogP contribution in [0.4, 0.5) is 4.79 Å². The van der Waals surface area contributed by atoms with Gasteiger partial charge in [0.25, 0.3) is 11.1 Å². The van der Waals surface area contributed by atoms with Crippen LogP contribution in [-0.4, -0.2) is 26.7 Å². The summed E-state index contributed by atoms with van der Waals surface area (Å²) in [6.07, 6.45) is 1.82. The molecule has 3 rings (SSSR count). The van der Waals surface area contributed by atoms with Crippen molar-refractivity contribution in [3.05, 3.63) is 56.7 Å². The van der Waals surface area contributed by atoms with E-state index in [4.69, 9.17) is 0 Å². The Morgan fingerprint density at radius 3 is 2.44 bits per heavy atom. The largest absolute Gasteiger partial charge is 0.317 e. The third-order valence-corrected chi connectivity index (χ3v) is 5.74. The van der Waals surface area contributed by atoms with Crippen LogP contribution in [0, 0.1) is 13.8 Å². The van der Waals surface area contributed by atoms with Gasteiger partial charge in [-0.1, -0.05) is 12.1 Å². The number of thioether (sulfide) groups is 1. The normalized spacial score (nSPS) is 16.6. The summed E-state index contributed by atoms with van der Waals surface area (Å²) < 4.78 is 3.14. The maximum Gasteiger partial charge on any atom is 0.293 e. The van der Waals surface area contributed by atoms with Crippen LogP contribution < -0.4 is 0 Å². The van der Waals surface area contributed by atoms with Crippen LogP contribution in [-0.2, 0) is 4.79 Å². The van der Waals surface area contributed by atoms with E-state index in [-0.39, 0.29) is 17.2 Å². The number of amides is 2. The predicted octanol–water partition coefficient (Wildman–Crippen LogP) is 5.30. The Kier molecular flexibility index (Phi) is 4.93. The standard InChI is InChI=1S/C19H19BrN2O2S/c1-11(2)21-18(23)17(25-19(21)24)10-14-9-12(3)22(13(14)4)16-8-6-5-7-15(16)20/h5-11H,1-4H3/b17-10+. The SMILES string of the molecule is Cc1cc(/C=C2/SC(=O)N(C(C)C)C2=O)c(C)n1-c1ccccc1Br. The summed E-state index contributed by atoms with van der Waals surface area (Å²) in [5.74, 6) is -0.212. The highest BCUT2D eigenvalue weighted by Gasteiger charge is 2.36. The molecule has 2 heterocycles. The van der Waals surface area contributed by atoms with Crippen LogP contribution in [0.15, 0.2) is 39.7 Å². The van der Waals surface area contributed by atoms with Crippen molar-refractivity contribution < 1.29 is 9.59 Å². The van der Waals surface area contributed by atoms with E-state index in [0.29, 0.717) is 4.91 Å². The Bertz CT molecular complexity index is 899. The molecule has 1 aromatic carbocycles. The molecule has 0 atom stereocenters. The maximum absolute atomic E-state index is 12.5. The maximum atomic E-state index is 12.5. The van der Waals surface area contributed by atoms with Crippen LogP contribution in [0.25, 0.3) is 11.8 Å². The predicted molar refractivity (Wildman–Crippen MR) is 106 cm³/mol. The summed E-state index contributed by atoms with van der Waals surface area (Å²) in [5.41, 5.74) is 4.09. The van der Waals surface area contributed by atoms with E-state index in [1.807, 2.05) is 64.1 Å². The number of nitrogens with zero attached hydrogens (tertiary/aromatic N) is 2. The van der Waals surface area contributed by atoms with E-state index in [2.05, 4.69) is 20.5 Å². The van der Waals surface area contributed by atoms with Crippen molar-refractivity contribution in [2.45, 2.75) is 33.7 Å². The molecule has 1 saturated heterocycles. The molecule has 1 aliphatic heterocycles. The van der Waals surface area contributed by atoms with E-state index in [1.165, 1.54) is 4.90 Å². The quantitative estimate of drug-likeness (QED) is 0.634. The summed E-state index contributed by atoms with van der Waals surface area (Å²) in [4.78, 5) is 26.3. The fourth-order valence-corrected chi connectivity index (χ4v) is 4.42. The van der Waals surface area contributed by atoms with Gasteiger partial charge in [0, 0.05) is 21.9 Å². The van der Waals surface area contributed by atoms with Gasteiger partial charge in [0.15, 0.2) is 0 Å². The Morgan fingerprint density at radius 2 is 1.84 bits per heavy atom. The Hall–Kier alpha value is -1.79. The molecular formula is C19H19BrN2O2S. The molecule has 2 amide bonds. The molecule has 2 aromatic rings. The lowest BCUT2D eigenvalue weighted by Crippen LogP contribution is -2.34. The number of hydrogen-bond donors (Lipinski definition) is 0. The molecule has 130 valence electrons. The second-order valence-electron chi connectivity index (χ2n) is 6.26. The highest BCUT2D eigenvalue weighted by atomic mass is 79.9. The van der Waals surface area contributed by atoms with E-state index < -0.39 is 0 Å². The number of carbonyl (C=O) groups is 2. The summed E-state index contributed by atoms with van der Waals surface area (Å²) in [7, 11) is 0. The lowest BCUT2D eigenvalue weighted by atomic mass is 10.2. The number of imide groups is 1. The first kappa shape index (κ1) is 18.0. The van der Waals surface area contributed by atoms with Gasteiger partial charge in [0.1, 0.15) is 0 Å². The molecule has 25 heavy (non-hydrogen) atoms. The van der Waals surface area contributed by atoms with Gasteiger partial charge in [-0.15, -0.1) is 0 Å². The van der Waals surface area contributed by atoms with Crippen LogP contribution in [0.1, 0.15) is 30.8 Å². The average Bonchev–Trinajstić information content (AvgIpc) is 2.97. The molecule has 0 unspecified atom stereocenters. The fourth-order valence-electron chi connectivity index (χ4n) is 3.00. The van der Waals surface area contributed by atoms with Crippen LogP contribution in [0.5, 0.6) is 0 Å². The Balaban J connectivity index is 2.04. The number of para-hydroxylation sites is 1. The van der Waals surface area contributed by atoms with Crippen molar-refractivity contribution in [3.63, 3.8) is 0 Å². The minimum absolute atomic E-state index is 0.133. The third kappa shape index (κ3) is 3.20. The van der Waals surface area contributed by atoms with Crippen molar-refractivity contribution >= 4 is 44.9 Å². The average molecular weight is 419 g/mol. The molecule has 4 nitrogen and oxygen atoms in total. The first-order chi connectivity index (χ1) is 11.8. The molecule has 1 aliphatic rings. The zero-order chi connectivity index (χ0) is 18.3. The van der Waals surface area contributed by atoms with E-state index in [0.717, 1.165) is 38.9 Å². The smallest absolute Gasteiger partial charge is 0.293 e. The summed E-state index contributed by atoms with van der Waals surface area (Å²) >= 11 is 4.60. The molecular weight excluding hydrogens is 400 g/mol. The Morgan fingerprint density at radius 1 is 1.16 bits per heavy atom. The number of aryl methyl sites for hydroxylation is 1. The monoisotopic (exact) mass is 418 g/mol. The van der Waals surface area contributed by atoms with Gasteiger partial charge in [0.05, 0.1) is 10.6 Å². The minimum Gasteiger partial charge on any atom is -0.317 e. The molecule has 1 aromatic heterocycles.